The molecule has 3 heterocycles. The van der Waals surface area contributed by atoms with E-state index in [1.165, 1.54) is 11.1 Å². The van der Waals surface area contributed by atoms with E-state index in [1.807, 2.05) is 16.9 Å². The standard InChI is InChI=1S/C20H23N7/c1-20(2,3)16-6-4-5-13(8-16)11-27-12-14(10-22-27)7-15-9-17(21)23-19-18(15)24-26-25-19/h4-6,8-10,12H,7,11H2,1-3H3,(H3,21,23,24,25,26). The van der Waals surface area contributed by atoms with E-state index in [1.54, 1.807) is 0 Å². The Morgan fingerprint density at radius 2 is 1.96 bits per heavy atom. The third-order valence-corrected chi connectivity index (χ3v) is 4.61. The maximum atomic E-state index is 5.88. The summed E-state index contributed by atoms with van der Waals surface area (Å²) in [7, 11) is 0. The Bertz CT molecular complexity index is 1090. The summed E-state index contributed by atoms with van der Waals surface area (Å²) in [6, 6.07) is 10.5. The van der Waals surface area contributed by atoms with Crippen LogP contribution >= 0.6 is 0 Å². The number of aromatic nitrogens is 6. The van der Waals surface area contributed by atoms with Gasteiger partial charge < -0.3 is 5.73 Å². The molecule has 0 radical (unpaired) electrons. The van der Waals surface area contributed by atoms with Crippen molar-refractivity contribution in [2.75, 3.05) is 5.73 Å². The molecule has 1 aromatic carbocycles. The molecule has 0 spiro atoms. The molecule has 0 aliphatic heterocycles. The molecule has 0 bridgehead atoms. The van der Waals surface area contributed by atoms with Gasteiger partial charge in [-0.3, -0.25) is 4.68 Å². The number of rotatable bonds is 4. The van der Waals surface area contributed by atoms with Crippen LogP contribution in [0.15, 0.2) is 42.7 Å². The van der Waals surface area contributed by atoms with Crippen LogP contribution in [0, 0.1) is 0 Å². The molecule has 0 aliphatic carbocycles. The van der Waals surface area contributed by atoms with Crippen molar-refractivity contribution in [3.63, 3.8) is 0 Å². The zero-order valence-corrected chi connectivity index (χ0v) is 15.8. The zero-order chi connectivity index (χ0) is 19.0. The fourth-order valence-corrected chi connectivity index (χ4v) is 3.18. The van der Waals surface area contributed by atoms with Crippen LogP contribution in [0.4, 0.5) is 5.82 Å². The first-order chi connectivity index (χ1) is 12.9. The number of hydrogen-bond donors (Lipinski definition) is 2. The SMILES string of the molecule is CC(C)(C)c1cccc(Cn2cc(Cc3cc(N)nc4n[nH]nc34)cn2)c1. The molecular formula is C20H23N7. The highest BCUT2D eigenvalue weighted by Crippen LogP contribution is 2.23. The van der Waals surface area contributed by atoms with E-state index in [0.717, 1.165) is 23.2 Å². The second-order valence-electron chi connectivity index (χ2n) is 7.88. The maximum absolute atomic E-state index is 5.88. The molecule has 7 heteroatoms. The van der Waals surface area contributed by atoms with Gasteiger partial charge in [0.2, 0.25) is 5.65 Å². The molecule has 0 saturated heterocycles. The maximum Gasteiger partial charge on any atom is 0.203 e. The molecule has 0 atom stereocenters. The highest BCUT2D eigenvalue weighted by Gasteiger charge is 2.14. The van der Waals surface area contributed by atoms with Crippen molar-refractivity contribution in [3.05, 3.63) is 65.0 Å². The van der Waals surface area contributed by atoms with Crippen LogP contribution in [-0.2, 0) is 18.4 Å². The largest absolute Gasteiger partial charge is 0.384 e. The van der Waals surface area contributed by atoms with Crippen LogP contribution < -0.4 is 5.73 Å². The van der Waals surface area contributed by atoms with Gasteiger partial charge in [0.05, 0.1) is 12.7 Å². The average Bonchev–Trinajstić information content (AvgIpc) is 3.23. The normalized spacial score (nSPS) is 12.0. The van der Waals surface area contributed by atoms with E-state index in [2.05, 4.69) is 76.7 Å². The topological polar surface area (TPSA) is 98.3 Å². The van der Waals surface area contributed by atoms with Gasteiger partial charge in [-0.05, 0) is 33.7 Å². The summed E-state index contributed by atoms with van der Waals surface area (Å²) in [5, 5.41) is 15.3. The summed E-state index contributed by atoms with van der Waals surface area (Å²) in [5.74, 6) is 0.442. The number of nitrogens with zero attached hydrogens (tertiary/aromatic N) is 5. The van der Waals surface area contributed by atoms with E-state index in [4.69, 9.17) is 5.73 Å². The molecule has 138 valence electrons. The van der Waals surface area contributed by atoms with E-state index in [0.29, 0.717) is 17.9 Å². The van der Waals surface area contributed by atoms with Crippen molar-refractivity contribution in [3.8, 4) is 0 Å². The van der Waals surface area contributed by atoms with E-state index in [-0.39, 0.29) is 5.41 Å². The van der Waals surface area contributed by atoms with Crippen molar-refractivity contribution in [1.29, 1.82) is 0 Å². The molecule has 0 unspecified atom stereocenters. The molecule has 27 heavy (non-hydrogen) atoms. The van der Waals surface area contributed by atoms with Crippen LogP contribution in [-0.4, -0.2) is 30.2 Å². The Hall–Kier alpha value is -3.22. The Morgan fingerprint density at radius 3 is 2.78 bits per heavy atom. The predicted molar refractivity (Wildman–Crippen MR) is 105 cm³/mol. The third-order valence-electron chi connectivity index (χ3n) is 4.61. The summed E-state index contributed by atoms with van der Waals surface area (Å²) < 4.78 is 1.96. The van der Waals surface area contributed by atoms with Crippen molar-refractivity contribution >= 4 is 17.0 Å². The third kappa shape index (κ3) is 3.67. The second-order valence-corrected chi connectivity index (χ2v) is 7.88. The van der Waals surface area contributed by atoms with Gasteiger partial charge in [-0.1, -0.05) is 45.0 Å². The van der Waals surface area contributed by atoms with Gasteiger partial charge in [0, 0.05) is 12.6 Å². The van der Waals surface area contributed by atoms with Gasteiger partial charge >= 0.3 is 0 Å². The Morgan fingerprint density at radius 1 is 1.11 bits per heavy atom. The van der Waals surface area contributed by atoms with E-state index >= 15 is 0 Å². The first-order valence-electron chi connectivity index (χ1n) is 8.95. The smallest absolute Gasteiger partial charge is 0.203 e. The molecule has 0 aliphatic rings. The van der Waals surface area contributed by atoms with E-state index in [9.17, 15) is 0 Å². The fourth-order valence-electron chi connectivity index (χ4n) is 3.18. The molecule has 7 nitrogen and oxygen atoms in total. The van der Waals surface area contributed by atoms with Crippen LogP contribution in [0.1, 0.15) is 43.0 Å². The number of anilines is 1. The minimum atomic E-state index is 0.134. The lowest BCUT2D eigenvalue weighted by Gasteiger charge is -2.19. The summed E-state index contributed by atoms with van der Waals surface area (Å²) in [4.78, 5) is 4.18. The minimum absolute atomic E-state index is 0.134. The lowest BCUT2D eigenvalue weighted by molar-refractivity contribution is 0.587. The van der Waals surface area contributed by atoms with Crippen LogP contribution in [0.25, 0.3) is 11.2 Å². The second kappa shape index (κ2) is 6.50. The van der Waals surface area contributed by atoms with Gasteiger partial charge in [0.1, 0.15) is 11.3 Å². The number of aromatic amines is 1. The van der Waals surface area contributed by atoms with E-state index < -0.39 is 0 Å². The Labute approximate surface area is 157 Å². The summed E-state index contributed by atoms with van der Waals surface area (Å²) >= 11 is 0. The number of fused-ring (bicyclic) bond motifs is 1. The monoisotopic (exact) mass is 361 g/mol. The first-order valence-corrected chi connectivity index (χ1v) is 8.95. The van der Waals surface area contributed by atoms with Gasteiger partial charge in [-0.2, -0.15) is 15.4 Å². The van der Waals surface area contributed by atoms with Gasteiger partial charge in [0.15, 0.2) is 0 Å². The minimum Gasteiger partial charge on any atom is -0.384 e. The lowest BCUT2D eigenvalue weighted by Crippen LogP contribution is -2.11. The number of nitrogens with one attached hydrogen (secondary N) is 1. The number of benzene rings is 1. The van der Waals surface area contributed by atoms with Crippen molar-refractivity contribution in [2.45, 2.75) is 39.2 Å². The van der Waals surface area contributed by atoms with Crippen molar-refractivity contribution in [2.24, 2.45) is 0 Å². The summed E-state index contributed by atoms with van der Waals surface area (Å²) in [6.07, 6.45) is 4.63. The molecule has 4 rings (SSSR count). The number of pyridine rings is 1. The molecular weight excluding hydrogens is 338 g/mol. The van der Waals surface area contributed by atoms with Crippen LogP contribution in [0.3, 0.4) is 0 Å². The predicted octanol–water partition coefficient (Wildman–Crippen LogP) is 3.07. The Kier molecular flexibility index (Phi) is 4.14. The summed E-state index contributed by atoms with van der Waals surface area (Å²) in [6.45, 7) is 7.41. The van der Waals surface area contributed by atoms with Crippen LogP contribution in [0.2, 0.25) is 0 Å². The lowest BCUT2D eigenvalue weighted by atomic mass is 9.86. The first kappa shape index (κ1) is 17.2. The quantitative estimate of drug-likeness (QED) is 0.582. The molecule has 3 N–H and O–H groups in total. The van der Waals surface area contributed by atoms with Gasteiger partial charge in [0.25, 0.3) is 0 Å². The molecule has 3 aromatic heterocycles. The number of hydrogen-bond acceptors (Lipinski definition) is 5. The molecule has 4 aromatic rings. The zero-order valence-electron chi connectivity index (χ0n) is 15.8. The van der Waals surface area contributed by atoms with Gasteiger partial charge in [-0.25, -0.2) is 4.98 Å². The molecule has 0 fully saturated rings. The molecule has 0 saturated carbocycles. The molecule has 0 amide bonds. The van der Waals surface area contributed by atoms with Crippen LogP contribution in [0.5, 0.6) is 0 Å². The number of nitrogen functional groups attached to an aromatic ring is 1. The number of nitrogens with two attached hydrogens (primary N) is 1. The highest BCUT2D eigenvalue weighted by molar-refractivity contribution is 5.76. The Balaban J connectivity index is 1.55. The number of H-pyrrole nitrogens is 1. The van der Waals surface area contributed by atoms with Gasteiger partial charge in [-0.15, -0.1) is 5.10 Å². The average molecular weight is 361 g/mol. The van der Waals surface area contributed by atoms with Crippen molar-refractivity contribution in [1.82, 2.24) is 30.2 Å². The fraction of sp³-hybridized carbons (Fsp3) is 0.300. The van der Waals surface area contributed by atoms with Crippen molar-refractivity contribution < 1.29 is 0 Å². The highest BCUT2D eigenvalue weighted by atomic mass is 15.3. The summed E-state index contributed by atoms with van der Waals surface area (Å²) in [5.41, 5.74) is 11.9.